The first-order valence-electron chi connectivity index (χ1n) is 8.00. The largest absolute Gasteiger partial charge is 0.506 e. The summed E-state index contributed by atoms with van der Waals surface area (Å²) >= 11 is 6.04. The highest BCUT2D eigenvalue weighted by atomic mass is 35.5. The van der Waals surface area contributed by atoms with E-state index in [1.807, 2.05) is 0 Å². The molecule has 0 bridgehead atoms. The lowest BCUT2D eigenvalue weighted by molar-refractivity contribution is -0.130. The van der Waals surface area contributed by atoms with E-state index in [9.17, 15) is 19.5 Å². The van der Waals surface area contributed by atoms with Crippen molar-refractivity contribution in [3.8, 4) is 0 Å². The number of fused-ring (bicyclic) bond motifs is 2. The molecule has 0 aromatic heterocycles. The Bertz CT molecular complexity index is 793. The molecular weight excluding hydrogens is 346 g/mol. The summed E-state index contributed by atoms with van der Waals surface area (Å²) in [5.74, 6) is -1.93. The summed E-state index contributed by atoms with van der Waals surface area (Å²) < 4.78 is 5.54. The number of Topliss-reactive ketones (excluding diaryl/α,β-unsaturated/α-hetero) is 2. The van der Waals surface area contributed by atoms with Crippen LogP contribution in [0.15, 0.2) is 23.8 Å². The molecule has 1 atom stereocenters. The lowest BCUT2D eigenvalue weighted by Gasteiger charge is -2.40. The maximum atomic E-state index is 13.2. The predicted octanol–water partition coefficient (Wildman–Crippen LogP) is 1.95. The number of hydrogen-bond acceptors (Lipinski definition) is 5. The van der Waals surface area contributed by atoms with Crippen LogP contribution in [0, 0.1) is 0 Å². The number of aliphatic hydroxyl groups is 1. The van der Waals surface area contributed by atoms with Gasteiger partial charge in [0.2, 0.25) is 0 Å². The average Bonchev–Trinajstić information content (AvgIpc) is 2.59. The van der Waals surface area contributed by atoms with Gasteiger partial charge in [-0.25, -0.2) is 0 Å². The van der Waals surface area contributed by atoms with Crippen molar-refractivity contribution in [2.45, 2.75) is 25.2 Å². The molecular formula is C18H18ClNO5. The van der Waals surface area contributed by atoms with Crippen molar-refractivity contribution in [1.29, 1.82) is 0 Å². The summed E-state index contributed by atoms with van der Waals surface area (Å²) in [4.78, 5) is 36.8. The summed E-state index contributed by atoms with van der Waals surface area (Å²) in [6.07, 6.45) is 1.17. The molecule has 3 rings (SSSR count). The number of ether oxygens (including phenoxy) is 1. The van der Waals surface area contributed by atoms with Crippen LogP contribution in [0.5, 0.6) is 0 Å². The minimum absolute atomic E-state index is 0.136. The molecule has 6 nitrogen and oxygen atoms in total. The van der Waals surface area contributed by atoms with Crippen LogP contribution in [-0.4, -0.2) is 42.3 Å². The first kappa shape index (κ1) is 17.6. The second-order valence-corrected chi connectivity index (χ2v) is 6.80. The molecule has 25 heavy (non-hydrogen) atoms. The molecule has 1 aromatic rings. The van der Waals surface area contributed by atoms with Crippen molar-refractivity contribution in [1.82, 2.24) is 5.32 Å². The minimum atomic E-state index is -1.02. The third kappa shape index (κ3) is 2.96. The zero-order valence-corrected chi connectivity index (χ0v) is 14.5. The van der Waals surface area contributed by atoms with Crippen LogP contribution < -0.4 is 5.32 Å². The summed E-state index contributed by atoms with van der Waals surface area (Å²) in [7, 11) is 0. The number of benzene rings is 1. The van der Waals surface area contributed by atoms with Crippen LogP contribution in [0.4, 0.5) is 0 Å². The van der Waals surface area contributed by atoms with Crippen LogP contribution in [0.3, 0.4) is 0 Å². The molecule has 132 valence electrons. The molecule has 0 saturated carbocycles. The van der Waals surface area contributed by atoms with Gasteiger partial charge in [0.25, 0.3) is 5.91 Å². The molecule has 1 heterocycles. The van der Waals surface area contributed by atoms with E-state index in [2.05, 4.69) is 5.32 Å². The van der Waals surface area contributed by atoms with E-state index in [4.69, 9.17) is 16.3 Å². The molecule has 0 unspecified atom stereocenters. The highest BCUT2D eigenvalue weighted by molar-refractivity contribution is 6.32. The highest BCUT2D eigenvalue weighted by Gasteiger charge is 2.50. The van der Waals surface area contributed by atoms with Crippen LogP contribution in [0.1, 0.15) is 30.9 Å². The van der Waals surface area contributed by atoms with Crippen LogP contribution in [0.2, 0.25) is 5.02 Å². The standard InChI is InChI=1S/C18H18ClNO5/c1-10(21)8-20-17(24)14-15(22)12-7-11(19)3-4-13(12)18(16(14)23)5-2-6-25-9-18/h3-4,7,22H,2,5-6,8-9H2,1H3,(H,20,24)/t18-/m0/s1. The number of rotatable bonds is 3. The lowest BCUT2D eigenvalue weighted by Crippen LogP contribution is -2.49. The molecule has 1 amide bonds. The van der Waals surface area contributed by atoms with Gasteiger partial charge >= 0.3 is 0 Å². The molecule has 1 aliphatic carbocycles. The van der Waals surface area contributed by atoms with Gasteiger partial charge in [-0.2, -0.15) is 0 Å². The Hall–Kier alpha value is -2.18. The first-order valence-corrected chi connectivity index (χ1v) is 8.38. The summed E-state index contributed by atoms with van der Waals surface area (Å²) in [6.45, 7) is 1.79. The maximum absolute atomic E-state index is 13.2. The second kappa shape index (κ2) is 6.61. The number of hydrogen-bond donors (Lipinski definition) is 2. The molecule has 1 aromatic carbocycles. The van der Waals surface area contributed by atoms with Crippen LogP contribution in [0.25, 0.3) is 5.76 Å². The van der Waals surface area contributed by atoms with E-state index in [1.165, 1.54) is 13.0 Å². The Labute approximate surface area is 149 Å². The number of carbonyl (C=O) groups excluding carboxylic acids is 3. The lowest BCUT2D eigenvalue weighted by atomic mass is 9.65. The fourth-order valence-electron chi connectivity index (χ4n) is 3.42. The van der Waals surface area contributed by atoms with Gasteiger partial charge < -0.3 is 15.2 Å². The smallest absolute Gasteiger partial charge is 0.259 e. The number of amides is 1. The minimum Gasteiger partial charge on any atom is -0.506 e. The highest BCUT2D eigenvalue weighted by Crippen LogP contribution is 2.45. The SMILES string of the molecule is CC(=O)CNC(=O)C1=C(O)c2cc(Cl)ccc2[C@@]2(CCCOC2)C1=O. The fourth-order valence-corrected chi connectivity index (χ4v) is 3.60. The van der Waals surface area contributed by atoms with E-state index >= 15 is 0 Å². The Balaban J connectivity index is 2.14. The number of halogens is 1. The van der Waals surface area contributed by atoms with E-state index < -0.39 is 22.9 Å². The van der Waals surface area contributed by atoms with Crippen LogP contribution >= 0.6 is 11.6 Å². The normalized spacial score (nSPS) is 22.7. The Morgan fingerprint density at radius 2 is 2.16 bits per heavy atom. The van der Waals surface area contributed by atoms with E-state index in [0.717, 1.165) is 0 Å². The van der Waals surface area contributed by atoms with Crippen molar-refractivity contribution in [2.24, 2.45) is 0 Å². The molecule has 1 spiro atoms. The molecule has 2 N–H and O–H groups in total. The summed E-state index contributed by atoms with van der Waals surface area (Å²) in [5, 5.41) is 13.3. The van der Waals surface area contributed by atoms with Gasteiger partial charge in [-0.1, -0.05) is 17.7 Å². The summed E-state index contributed by atoms with van der Waals surface area (Å²) in [6, 6.07) is 4.89. The second-order valence-electron chi connectivity index (χ2n) is 6.37. The van der Waals surface area contributed by atoms with Crippen molar-refractivity contribution in [2.75, 3.05) is 19.8 Å². The third-order valence-corrected chi connectivity index (χ3v) is 4.85. The Morgan fingerprint density at radius 1 is 1.40 bits per heavy atom. The first-order chi connectivity index (χ1) is 11.9. The molecule has 1 aliphatic heterocycles. The molecule has 1 fully saturated rings. The zero-order chi connectivity index (χ0) is 18.2. The van der Waals surface area contributed by atoms with Crippen molar-refractivity contribution in [3.05, 3.63) is 39.9 Å². The van der Waals surface area contributed by atoms with Crippen LogP contribution in [-0.2, 0) is 24.5 Å². The number of ketones is 2. The molecule has 2 aliphatic rings. The number of carbonyl (C=O) groups is 3. The monoisotopic (exact) mass is 363 g/mol. The van der Waals surface area contributed by atoms with E-state index in [1.54, 1.807) is 12.1 Å². The van der Waals surface area contributed by atoms with Gasteiger partial charge in [-0.05, 0) is 37.5 Å². The average molecular weight is 364 g/mol. The predicted molar refractivity (Wildman–Crippen MR) is 91.4 cm³/mol. The maximum Gasteiger partial charge on any atom is 0.259 e. The number of aliphatic hydroxyl groups excluding tert-OH is 1. The molecule has 7 heteroatoms. The Morgan fingerprint density at radius 3 is 2.80 bits per heavy atom. The Kier molecular flexibility index (Phi) is 4.67. The van der Waals surface area contributed by atoms with Crippen molar-refractivity contribution >= 4 is 34.8 Å². The molecule has 1 saturated heterocycles. The number of nitrogens with one attached hydrogen (secondary N) is 1. The van der Waals surface area contributed by atoms with Gasteiger partial charge in [-0.3, -0.25) is 14.4 Å². The van der Waals surface area contributed by atoms with Gasteiger partial charge in [0.15, 0.2) is 5.78 Å². The van der Waals surface area contributed by atoms with Crippen molar-refractivity contribution in [3.63, 3.8) is 0 Å². The van der Waals surface area contributed by atoms with Crippen molar-refractivity contribution < 1.29 is 24.2 Å². The van der Waals surface area contributed by atoms with Gasteiger partial charge in [-0.15, -0.1) is 0 Å². The van der Waals surface area contributed by atoms with Gasteiger partial charge in [0.05, 0.1) is 18.6 Å². The quantitative estimate of drug-likeness (QED) is 0.801. The third-order valence-electron chi connectivity index (χ3n) is 4.62. The molecule has 0 radical (unpaired) electrons. The van der Waals surface area contributed by atoms with E-state index in [-0.39, 0.29) is 24.5 Å². The summed E-state index contributed by atoms with van der Waals surface area (Å²) in [5.41, 5.74) is -0.401. The van der Waals surface area contributed by atoms with Gasteiger partial charge in [0, 0.05) is 17.2 Å². The fraction of sp³-hybridized carbons (Fsp3) is 0.389. The van der Waals surface area contributed by atoms with Gasteiger partial charge in [0.1, 0.15) is 17.1 Å². The van der Waals surface area contributed by atoms with E-state index in [0.29, 0.717) is 35.6 Å². The topological polar surface area (TPSA) is 92.7 Å². The zero-order valence-electron chi connectivity index (χ0n) is 13.7.